The van der Waals surface area contributed by atoms with E-state index in [-0.39, 0.29) is 5.91 Å². The minimum absolute atomic E-state index is 0.191. The smallest absolute Gasteiger partial charge is 0.253 e. The first kappa shape index (κ1) is 17.0. The Kier molecular flexibility index (Phi) is 5.31. The number of rotatable bonds is 5. The summed E-state index contributed by atoms with van der Waals surface area (Å²) >= 11 is 6.04. The van der Waals surface area contributed by atoms with E-state index in [1.165, 1.54) is 0 Å². The Morgan fingerprint density at radius 3 is 2.52 bits per heavy atom. The number of amides is 1. The van der Waals surface area contributed by atoms with Crippen LogP contribution in [-0.4, -0.2) is 18.0 Å². The highest BCUT2D eigenvalue weighted by Crippen LogP contribution is 2.20. The fourth-order valence-electron chi connectivity index (χ4n) is 2.41. The molecule has 0 radical (unpaired) electrons. The number of hydrogen-bond donors (Lipinski definition) is 1. The maximum absolute atomic E-state index is 12.2. The lowest BCUT2D eigenvalue weighted by Gasteiger charge is -2.08. The second-order valence-electron chi connectivity index (χ2n) is 5.42. The molecule has 0 saturated heterocycles. The van der Waals surface area contributed by atoms with Crippen LogP contribution in [0, 0.1) is 0 Å². The molecule has 126 valence electrons. The summed E-state index contributed by atoms with van der Waals surface area (Å²) < 4.78 is 5.15. The Morgan fingerprint density at radius 1 is 1.04 bits per heavy atom. The second kappa shape index (κ2) is 7.81. The predicted octanol–water partition coefficient (Wildman–Crippen LogP) is 4.34. The van der Waals surface area contributed by atoms with E-state index in [2.05, 4.69) is 10.3 Å². The van der Waals surface area contributed by atoms with Crippen molar-refractivity contribution in [1.82, 2.24) is 10.3 Å². The van der Waals surface area contributed by atoms with Gasteiger partial charge in [-0.05, 0) is 23.8 Å². The number of benzene rings is 2. The van der Waals surface area contributed by atoms with Gasteiger partial charge in [-0.1, -0.05) is 54.1 Å². The average Bonchev–Trinajstić information content (AvgIpc) is 2.67. The summed E-state index contributed by atoms with van der Waals surface area (Å²) in [7, 11) is 1.59. The molecule has 0 unspecified atom stereocenters. The Hall–Kier alpha value is -2.85. The Balaban J connectivity index is 1.67. The molecule has 2 aromatic carbocycles. The highest BCUT2D eigenvalue weighted by molar-refractivity contribution is 6.33. The number of halogens is 1. The van der Waals surface area contributed by atoms with E-state index in [0.717, 1.165) is 16.8 Å². The zero-order valence-corrected chi connectivity index (χ0v) is 14.5. The van der Waals surface area contributed by atoms with Gasteiger partial charge in [-0.25, -0.2) is 4.98 Å². The number of carbonyl (C=O) groups excluding carboxylic acids is 1. The summed E-state index contributed by atoms with van der Waals surface area (Å²) in [6, 6.07) is 20.5. The molecule has 0 aliphatic heterocycles. The SMILES string of the molecule is COc1cccc(-c2ccc(CNC(=O)c3ccccc3Cl)cc2)n1. The molecule has 1 N–H and O–H groups in total. The molecule has 0 aliphatic rings. The van der Waals surface area contributed by atoms with Crippen LogP contribution in [0.4, 0.5) is 0 Å². The van der Waals surface area contributed by atoms with E-state index >= 15 is 0 Å². The Bertz CT molecular complexity index is 879. The molecule has 0 saturated carbocycles. The van der Waals surface area contributed by atoms with E-state index in [1.807, 2.05) is 42.5 Å². The average molecular weight is 353 g/mol. The molecule has 3 aromatic rings. The molecule has 0 bridgehead atoms. The van der Waals surface area contributed by atoms with Crippen molar-refractivity contribution in [2.45, 2.75) is 6.54 Å². The topological polar surface area (TPSA) is 51.2 Å². The van der Waals surface area contributed by atoms with Gasteiger partial charge >= 0.3 is 0 Å². The monoisotopic (exact) mass is 352 g/mol. The van der Waals surface area contributed by atoms with Crippen LogP contribution in [-0.2, 0) is 6.54 Å². The number of nitrogens with one attached hydrogen (secondary N) is 1. The van der Waals surface area contributed by atoms with E-state index in [1.54, 1.807) is 31.4 Å². The van der Waals surface area contributed by atoms with Gasteiger partial charge in [-0.15, -0.1) is 0 Å². The molecule has 0 atom stereocenters. The summed E-state index contributed by atoms with van der Waals surface area (Å²) in [5, 5.41) is 3.32. The normalized spacial score (nSPS) is 10.3. The van der Waals surface area contributed by atoms with Crippen LogP contribution in [0.3, 0.4) is 0 Å². The lowest BCUT2D eigenvalue weighted by molar-refractivity contribution is 0.0951. The number of hydrogen-bond acceptors (Lipinski definition) is 3. The molecule has 1 amide bonds. The molecule has 25 heavy (non-hydrogen) atoms. The molecule has 0 aliphatic carbocycles. The van der Waals surface area contributed by atoms with Gasteiger partial charge in [0, 0.05) is 18.2 Å². The minimum atomic E-state index is -0.191. The van der Waals surface area contributed by atoms with Crippen molar-refractivity contribution >= 4 is 17.5 Å². The van der Waals surface area contributed by atoms with Crippen LogP contribution in [0.5, 0.6) is 5.88 Å². The van der Waals surface area contributed by atoms with Crippen molar-refractivity contribution < 1.29 is 9.53 Å². The van der Waals surface area contributed by atoms with E-state index in [4.69, 9.17) is 16.3 Å². The van der Waals surface area contributed by atoms with Gasteiger partial charge in [-0.2, -0.15) is 0 Å². The lowest BCUT2D eigenvalue weighted by Crippen LogP contribution is -2.23. The van der Waals surface area contributed by atoms with Crippen LogP contribution in [0.2, 0.25) is 5.02 Å². The molecule has 4 nitrogen and oxygen atoms in total. The molecule has 0 fully saturated rings. The number of nitrogens with zero attached hydrogens (tertiary/aromatic N) is 1. The number of methoxy groups -OCH3 is 1. The zero-order chi connectivity index (χ0) is 17.6. The van der Waals surface area contributed by atoms with E-state index < -0.39 is 0 Å². The van der Waals surface area contributed by atoms with Gasteiger partial charge < -0.3 is 10.1 Å². The fraction of sp³-hybridized carbons (Fsp3) is 0.100. The summed E-state index contributed by atoms with van der Waals surface area (Å²) in [6.07, 6.45) is 0. The largest absolute Gasteiger partial charge is 0.481 e. The van der Waals surface area contributed by atoms with Crippen LogP contribution in [0.25, 0.3) is 11.3 Å². The molecule has 5 heteroatoms. The third-order valence-electron chi connectivity index (χ3n) is 3.75. The van der Waals surface area contributed by atoms with Gasteiger partial charge in [0.2, 0.25) is 5.88 Å². The standard InChI is InChI=1S/C20H17ClN2O2/c1-25-19-8-4-7-18(23-19)15-11-9-14(10-12-15)13-22-20(24)16-5-2-3-6-17(16)21/h2-12H,13H2,1H3,(H,22,24). The molecule has 1 heterocycles. The van der Waals surface area contributed by atoms with Crippen molar-refractivity contribution in [1.29, 1.82) is 0 Å². The van der Waals surface area contributed by atoms with Crippen LogP contribution >= 0.6 is 11.6 Å². The van der Waals surface area contributed by atoms with Crippen LogP contribution < -0.4 is 10.1 Å². The van der Waals surface area contributed by atoms with Gasteiger partial charge in [0.05, 0.1) is 23.4 Å². The van der Waals surface area contributed by atoms with E-state index in [0.29, 0.717) is 23.0 Å². The minimum Gasteiger partial charge on any atom is -0.481 e. The number of pyridine rings is 1. The summed E-state index contributed by atoms with van der Waals surface area (Å²) in [4.78, 5) is 16.6. The quantitative estimate of drug-likeness (QED) is 0.743. The van der Waals surface area contributed by atoms with Gasteiger partial charge in [0.25, 0.3) is 5.91 Å². The molecular formula is C20H17ClN2O2. The van der Waals surface area contributed by atoms with Crippen LogP contribution in [0.1, 0.15) is 15.9 Å². The van der Waals surface area contributed by atoms with Crippen molar-refractivity contribution in [3.63, 3.8) is 0 Å². The number of aromatic nitrogens is 1. The first-order valence-corrected chi connectivity index (χ1v) is 8.18. The second-order valence-corrected chi connectivity index (χ2v) is 5.83. The highest BCUT2D eigenvalue weighted by Gasteiger charge is 2.09. The van der Waals surface area contributed by atoms with Gasteiger partial charge in [0.1, 0.15) is 0 Å². The predicted molar refractivity (Wildman–Crippen MR) is 98.8 cm³/mol. The Labute approximate surface area is 151 Å². The van der Waals surface area contributed by atoms with Gasteiger partial charge in [-0.3, -0.25) is 4.79 Å². The molecule has 3 rings (SSSR count). The van der Waals surface area contributed by atoms with Crippen molar-refractivity contribution in [2.75, 3.05) is 7.11 Å². The van der Waals surface area contributed by atoms with Crippen LogP contribution in [0.15, 0.2) is 66.7 Å². The number of carbonyl (C=O) groups is 1. The summed E-state index contributed by atoms with van der Waals surface area (Å²) in [6.45, 7) is 0.426. The van der Waals surface area contributed by atoms with E-state index in [9.17, 15) is 4.79 Å². The van der Waals surface area contributed by atoms with Gasteiger partial charge in [0.15, 0.2) is 0 Å². The van der Waals surface area contributed by atoms with Crippen molar-refractivity contribution in [2.24, 2.45) is 0 Å². The Morgan fingerprint density at radius 2 is 1.80 bits per heavy atom. The maximum Gasteiger partial charge on any atom is 0.253 e. The summed E-state index contributed by atoms with van der Waals surface area (Å²) in [5.74, 6) is 0.387. The third kappa shape index (κ3) is 4.17. The molecule has 0 spiro atoms. The first-order chi connectivity index (χ1) is 12.2. The number of ether oxygens (including phenoxy) is 1. The fourth-order valence-corrected chi connectivity index (χ4v) is 2.63. The summed E-state index contributed by atoms with van der Waals surface area (Å²) in [5.41, 5.74) is 3.29. The molecular weight excluding hydrogens is 336 g/mol. The van der Waals surface area contributed by atoms with Crippen molar-refractivity contribution in [3.05, 3.63) is 82.9 Å². The third-order valence-corrected chi connectivity index (χ3v) is 4.08. The zero-order valence-electron chi connectivity index (χ0n) is 13.7. The lowest BCUT2D eigenvalue weighted by atomic mass is 10.1. The van der Waals surface area contributed by atoms with Crippen molar-refractivity contribution in [3.8, 4) is 17.1 Å². The maximum atomic E-state index is 12.2. The molecule has 1 aromatic heterocycles. The highest BCUT2D eigenvalue weighted by atomic mass is 35.5. The first-order valence-electron chi connectivity index (χ1n) is 7.80.